The SMILES string of the molecule is OP(O)O.[Cl][Zn]. The second kappa shape index (κ2) is 9.52. The maximum atomic E-state index is 7.23. The Morgan fingerprint density at radius 1 is 1.17 bits per heavy atom. The van der Waals surface area contributed by atoms with Crippen molar-refractivity contribution < 1.29 is 32.0 Å². The molecule has 3 nitrogen and oxygen atoms in total. The number of halogens is 1. The first-order chi connectivity index (χ1) is 2.73. The molecule has 0 rings (SSSR count). The van der Waals surface area contributed by atoms with E-state index in [2.05, 4.69) is 0 Å². The Morgan fingerprint density at radius 2 is 1.17 bits per heavy atom. The van der Waals surface area contributed by atoms with Crippen molar-refractivity contribution in [3.63, 3.8) is 0 Å². The maximum absolute atomic E-state index is 7.23. The predicted molar refractivity (Wildman–Crippen MR) is 19.4 cm³/mol. The molecule has 0 aliphatic heterocycles. The molecule has 0 atom stereocenters. The first-order valence-corrected chi connectivity index (χ1v) is 5.97. The molecule has 6 heavy (non-hydrogen) atoms. The fourth-order valence-corrected chi connectivity index (χ4v) is 0. The zero-order chi connectivity index (χ0) is 5.58. The van der Waals surface area contributed by atoms with Crippen LogP contribution in [0.3, 0.4) is 0 Å². The van der Waals surface area contributed by atoms with Crippen molar-refractivity contribution in [2.75, 3.05) is 0 Å². The van der Waals surface area contributed by atoms with E-state index in [1.807, 2.05) is 0 Å². The van der Waals surface area contributed by atoms with Crippen LogP contribution in [0.2, 0.25) is 0 Å². The Balaban J connectivity index is 0. The van der Waals surface area contributed by atoms with E-state index in [0.717, 1.165) is 17.3 Å². The Hall–Kier alpha value is 1.22. The molecule has 3 N–H and O–H groups in total. The predicted octanol–water partition coefficient (Wildman–Crippen LogP) is -0.123. The van der Waals surface area contributed by atoms with Gasteiger partial charge in [0, 0.05) is 0 Å². The quantitative estimate of drug-likeness (QED) is 0.362. The van der Waals surface area contributed by atoms with Crippen LogP contribution in [0.4, 0.5) is 0 Å². The molecule has 0 aliphatic carbocycles. The van der Waals surface area contributed by atoms with Crippen molar-refractivity contribution >= 4 is 18.3 Å². The second-order valence-corrected chi connectivity index (χ2v) is 0.805. The van der Waals surface area contributed by atoms with Gasteiger partial charge < -0.3 is 14.7 Å². The van der Waals surface area contributed by atoms with Crippen LogP contribution in [0.1, 0.15) is 0 Å². The summed E-state index contributed by atoms with van der Waals surface area (Å²) in [4.78, 5) is 21.7. The van der Waals surface area contributed by atoms with Crippen LogP contribution in [-0.2, 0) is 17.3 Å². The van der Waals surface area contributed by atoms with E-state index in [1.54, 1.807) is 0 Å². The first kappa shape index (κ1) is 10.3. The van der Waals surface area contributed by atoms with Gasteiger partial charge in [0.15, 0.2) is 0 Å². The van der Waals surface area contributed by atoms with E-state index in [0.29, 0.717) is 0 Å². The van der Waals surface area contributed by atoms with Gasteiger partial charge in [-0.05, 0) is 0 Å². The van der Waals surface area contributed by atoms with Crippen molar-refractivity contribution in [3.05, 3.63) is 0 Å². The fourth-order valence-electron chi connectivity index (χ4n) is 0. The second-order valence-electron chi connectivity index (χ2n) is 0.268. The average molecular weight is 183 g/mol. The standard InChI is InChI=1S/ClH.H3O3P.Zn/c;1-4(2)3;/h1H;1-3H;/q;;+1/p-1. The molecule has 0 amide bonds. The molecule has 0 saturated heterocycles. The Bertz CT molecular complexity index is 15.5. The minimum absolute atomic E-state index is 0.847. The number of hydrogen-bond acceptors (Lipinski definition) is 3. The van der Waals surface area contributed by atoms with Crippen LogP contribution in [0.5, 0.6) is 0 Å². The van der Waals surface area contributed by atoms with Crippen molar-refractivity contribution in [2.45, 2.75) is 0 Å². The molecule has 0 saturated carbocycles. The molecular formula is H3ClO3PZn. The van der Waals surface area contributed by atoms with Gasteiger partial charge in [0.2, 0.25) is 0 Å². The summed E-state index contributed by atoms with van der Waals surface area (Å²) in [5.74, 6) is 0. The summed E-state index contributed by atoms with van der Waals surface area (Å²) in [7, 11) is 2.14. The van der Waals surface area contributed by atoms with Gasteiger partial charge in [0.1, 0.15) is 0 Å². The van der Waals surface area contributed by atoms with Crippen molar-refractivity contribution in [1.82, 2.24) is 0 Å². The number of rotatable bonds is 0. The normalized spacial score (nSPS) is 7.17. The average Bonchev–Trinajstić information content (AvgIpc) is 1.41. The molecule has 0 bridgehead atoms. The first-order valence-electron chi connectivity index (χ1n) is 0.867. The summed E-state index contributed by atoms with van der Waals surface area (Å²) in [6.45, 7) is 0. The van der Waals surface area contributed by atoms with Crippen LogP contribution < -0.4 is 0 Å². The van der Waals surface area contributed by atoms with Crippen LogP contribution in [0.25, 0.3) is 0 Å². The molecule has 0 aliphatic rings. The molecule has 35 valence electrons. The molecule has 6 heteroatoms. The Morgan fingerprint density at radius 3 is 1.17 bits per heavy atom. The van der Waals surface area contributed by atoms with Gasteiger partial charge in [-0.25, -0.2) is 0 Å². The van der Waals surface area contributed by atoms with E-state index < -0.39 is 8.60 Å². The summed E-state index contributed by atoms with van der Waals surface area (Å²) in [6.07, 6.45) is 0. The Kier molecular flexibility index (Phi) is 16.3. The summed E-state index contributed by atoms with van der Waals surface area (Å²) < 4.78 is 0. The molecule has 0 unspecified atom stereocenters. The summed E-state index contributed by atoms with van der Waals surface area (Å²) in [6, 6.07) is 0. The van der Waals surface area contributed by atoms with Crippen molar-refractivity contribution in [1.29, 1.82) is 0 Å². The topological polar surface area (TPSA) is 60.7 Å². The van der Waals surface area contributed by atoms with Crippen LogP contribution in [0, 0.1) is 0 Å². The third-order valence-electron chi connectivity index (χ3n) is 0. The molecule has 0 aromatic rings. The minimum atomic E-state index is -2.62. The van der Waals surface area contributed by atoms with Gasteiger partial charge in [-0.15, -0.1) is 0 Å². The van der Waals surface area contributed by atoms with E-state index in [-0.39, 0.29) is 0 Å². The van der Waals surface area contributed by atoms with E-state index in [9.17, 15) is 0 Å². The Labute approximate surface area is 50.7 Å². The molecule has 0 fully saturated rings. The van der Waals surface area contributed by atoms with Gasteiger partial charge in [-0.1, -0.05) is 0 Å². The zero-order valence-corrected chi connectivity index (χ0v) is 7.49. The van der Waals surface area contributed by atoms with Crippen LogP contribution >= 0.6 is 18.3 Å². The summed E-state index contributed by atoms with van der Waals surface area (Å²) in [5, 5.41) is 0. The molecular weight excluding hydrogens is 180 g/mol. The zero-order valence-electron chi connectivity index (χ0n) is 2.87. The van der Waals surface area contributed by atoms with Gasteiger partial charge in [-0.3, -0.25) is 0 Å². The van der Waals surface area contributed by atoms with E-state index in [1.165, 1.54) is 0 Å². The van der Waals surface area contributed by atoms with Gasteiger partial charge >= 0.3 is 35.6 Å². The van der Waals surface area contributed by atoms with Crippen LogP contribution in [-0.4, -0.2) is 14.7 Å². The third kappa shape index (κ3) is 62.3. The molecule has 0 aromatic heterocycles. The van der Waals surface area contributed by atoms with Gasteiger partial charge in [-0.2, -0.15) is 0 Å². The molecule has 0 aromatic carbocycles. The monoisotopic (exact) mass is 181 g/mol. The van der Waals surface area contributed by atoms with Crippen molar-refractivity contribution in [2.24, 2.45) is 0 Å². The van der Waals surface area contributed by atoms with E-state index in [4.69, 9.17) is 24.4 Å². The van der Waals surface area contributed by atoms with Gasteiger partial charge in [0.25, 0.3) is 0 Å². The molecule has 0 heterocycles. The molecule has 0 spiro atoms. The molecule has 0 radical (unpaired) electrons. The fraction of sp³-hybridized carbons (Fsp3) is 0. The van der Waals surface area contributed by atoms with Crippen LogP contribution in [0.15, 0.2) is 0 Å². The summed E-state index contributed by atoms with van der Waals surface area (Å²) >= 11 is 0.847. The third-order valence-corrected chi connectivity index (χ3v) is 0. The summed E-state index contributed by atoms with van der Waals surface area (Å²) in [5.41, 5.74) is 0. The van der Waals surface area contributed by atoms with Crippen molar-refractivity contribution in [3.8, 4) is 0 Å². The van der Waals surface area contributed by atoms with Gasteiger partial charge in [0.05, 0.1) is 0 Å². The number of hydrogen-bond donors (Lipinski definition) is 3. The van der Waals surface area contributed by atoms with E-state index >= 15 is 0 Å².